The van der Waals surface area contributed by atoms with Crippen molar-refractivity contribution in [3.05, 3.63) is 81.6 Å². The van der Waals surface area contributed by atoms with Crippen LogP contribution in [-0.2, 0) is 23.6 Å². The molecule has 2 unspecified atom stereocenters. The Morgan fingerprint density at radius 3 is 2.73 bits per heavy atom. The van der Waals surface area contributed by atoms with Crippen LogP contribution in [0, 0.1) is 12.8 Å². The molecule has 3 aliphatic rings. The number of ether oxygens (including phenoxy) is 2. The molecule has 4 heterocycles. The summed E-state index contributed by atoms with van der Waals surface area (Å²) in [5.74, 6) is 0.421. The number of hydrogen-bond donors (Lipinski definition) is 0. The van der Waals surface area contributed by atoms with Gasteiger partial charge in [-0.15, -0.1) is 0 Å². The Bertz CT molecular complexity index is 1460. The summed E-state index contributed by atoms with van der Waals surface area (Å²) in [7, 11) is 5.70. The van der Waals surface area contributed by atoms with Gasteiger partial charge < -0.3 is 18.9 Å². The molecule has 0 spiro atoms. The number of aromatic nitrogens is 3. The van der Waals surface area contributed by atoms with Crippen molar-refractivity contribution in [2.24, 2.45) is 20.0 Å². The Kier molecular flexibility index (Phi) is 6.08. The van der Waals surface area contributed by atoms with Gasteiger partial charge in [-0.2, -0.15) is 5.10 Å². The van der Waals surface area contributed by atoms with Crippen LogP contribution >= 0.6 is 0 Å². The summed E-state index contributed by atoms with van der Waals surface area (Å²) in [6, 6.07) is 8.34. The number of fused-ring (bicyclic) bond motifs is 2. The van der Waals surface area contributed by atoms with E-state index in [-0.39, 0.29) is 11.5 Å². The van der Waals surface area contributed by atoms with E-state index in [1.807, 2.05) is 45.1 Å². The molecule has 6 rings (SSSR count). The first-order chi connectivity index (χ1) is 17.9. The molecule has 0 amide bonds. The van der Waals surface area contributed by atoms with Crippen molar-refractivity contribution in [2.75, 3.05) is 31.8 Å². The van der Waals surface area contributed by atoms with Crippen molar-refractivity contribution in [3.8, 4) is 0 Å². The molecule has 2 atom stereocenters. The van der Waals surface area contributed by atoms with Gasteiger partial charge in [0.15, 0.2) is 0 Å². The zero-order chi connectivity index (χ0) is 25.7. The fraction of sp³-hybridized carbons (Fsp3) is 0.467. The molecule has 0 saturated carbocycles. The van der Waals surface area contributed by atoms with E-state index in [9.17, 15) is 4.79 Å². The Hall–Kier alpha value is -3.16. The Morgan fingerprint density at radius 2 is 2.00 bits per heavy atom. The maximum Gasteiger partial charge on any atom is 0.253 e. The molecule has 0 radical (unpaired) electrons. The van der Waals surface area contributed by atoms with Crippen LogP contribution in [0.25, 0.3) is 10.9 Å². The molecule has 0 bridgehead atoms. The Balaban J connectivity index is 1.54. The maximum atomic E-state index is 12.7. The number of hydrogen-bond acceptors (Lipinski definition) is 5. The summed E-state index contributed by atoms with van der Waals surface area (Å²) >= 11 is 0. The second-order valence-corrected chi connectivity index (χ2v) is 10.7. The lowest BCUT2D eigenvalue weighted by atomic mass is 9.67. The molecule has 7 heteroatoms. The van der Waals surface area contributed by atoms with Crippen molar-refractivity contribution in [3.63, 3.8) is 0 Å². The van der Waals surface area contributed by atoms with E-state index < -0.39 is 5.60 Å². The molecule has 1 aliphatic carbocycles. The lowest BCUT2D eigenvalue weighted by Crippen LogP contribution is -2.49. The number of benzene rings is 1. The van der Waals surface area contributed by atoms with E-state index in [1.165, 1.54) is 16.8 Å². The fourth-order valence-corrected chi connectivity index (χ4v) is 6.77. The van der Waals surface area contributed by atoms with Crippen LogP contribution in [0.15, 0.2) is 64.9 Å². The average Bonchev–Trinajstić information content (AvgIpc) is 3.36. The molecule has 2 fully saturated rings. The van der Waals surface area contributed by atoms with Crippen LogP contribution in [0.2, 0.25) is 0 Å². The van der Waals surface area contributed by atoms with Gasteiger partial charge in [0.2, 0.25) is 0 Å². The van der Waals surface area contributed by atoms with E-state index in [0.717, 1.165) is 67.6 Å². The number of piperidine rings is 1. The van der Waals surface area contributed by atoms with E-state index in [0.29, 0.717) is 5.92 Å². The van der Waals surface area contributed by atoms with Gasteiger partial charge in [0, 0.05) is 75.3 Å². The molecule has 37 heavy (non-hydrogen) atoms. The number of allylic oxidation sites excluding steroid dienone is 1. The molecule has 2 aromatic heterocycles. The second-order valence-electron chi connectivity index (χ2n) is 10.7. The van der Waals surface area contributed by atoms with Crippen LogP contribution in [0.4, 0.5) is 5.69 Å². The van der Waals surface area contributed by atoms with Gasteiger partial charge in [0.25, 0.3) is 5.56 Å². The Morgan fingerprint density at radius 1 is 1.19 bits per heavy atom. The number of nitrogens with zero attached hydrogens (tertiary/aromatic N) is 4. The minimum Gasteiger partial charge on any atom is -0.381 e. The van der Waals surface area contributed by atoms with E-state index in [2.05, 4.69) is 46.5 Å². The van der Waals surface area contributed by atoms with Crippen molar-refractivity contribution >= 4 is 16.6 Å². The van der Waals surface area contributed by atoms with Gasteiger partial charge in [-0.25, -0.2) is 0 Å². The largest absolute Gasteiger partial charge is 0.381 e. The highest BCUT2D eigenvalue weighted by Crippen LogP contribution is 2.50. The van der Waals surface area contributed by atoms with Crippen LogP contribution < -0.4 is 10.5 Å². The predicted molar refractivity (Wildman–Crippen MR) is 146 cm³/mol. The summed E-state index contributed by atoms with van der Waals surface area (Å²) in [6.45, 7) is 4.35. The molecular weight excluding hydrogens is 464 g/mol. The number of aryl methyl sites for hydroxylation is 3. The van der Waals surface area contributed by atoms with Crippen molar-refractivity contribution < 1.29 is 9.47 Å². The second kappa shape index (κ2) is 9.30. The molecule has 7 nitrogen and oxygen atoms in total. The van der Waals surface area contributed by atoms with Crippen LogP contribution in [-0.4, -0.2) is 46.8 Å². The topological polar surface area (TPSA) is 61.5 Å². The zero-order valence-corrected chi connectivity index (χ0v) is 22.2. The summed E-state index contributed by atoms with van der Waals surface area (Å²) in [4.78, 5) is 15.1. The normalized spacial score (nSPS) is 24.6. The summed E-state index contributed by atoms with van der Waals surface area (Å²) in [6.07, 6.45) is 13.0. The molecule has 0 N–H and O–H groups in total. The highest BCUT2D eigenvalue weighted by atomic mass is 16.5. The highest BCUT2D eigenvalue weighted by molar-refractivity contribution is 5.94. The average molecular weight is 501 g/mol. The molecule has 2 saturated heterocycles. The van der Waals surface area contributed by atoms with Crippen LogP contribution in [0.1, 0.15) is 42.7 Å². The smallest absolute Gasteiger partial charge is 0.253 e. The maximum absolute atomic E-state index is 12.7. The fourth-order valence-electron chi connectivity index (χ4n) is 6.77. The monoisotopic (exact) mass is 500 g/mol. The van der Waals surface area contributed by atoms with Crippen LogP contribution in [0.5, 0.6) is 0 Å². The minimum atomic E-state index is -0.491. The predicted octanol–water partition coefficient (Wildman–Crippen LogP) is 4.60. The lowest BCUT2D eigenvalue weighted by molar-refractivity contribution is -0.0705. The highest BCUT2D eigenvalue weighted by Gasteiger charge is 2.48. The summed E-state index contributed by atoms with van der Waals surface area (Å²) in [5.41, 5.74) is 6.20. The molecule has 1 aromatic carbocycles. The Labute approximate surface area is 218 Å². The SMILES string of the molecule is COC1(C2CCOCC2)C=C2C(=CC1c1cnn(C)c1)CCCN2c1cccc2c1cc(C)c(=O)n2C. The third kappa shape index (κ3) is 3.87. The van der Waals surface area contributed by atoms with Gasteiger partial charge in [0.1, 0.15) is 5.60 Å². The number of anilines is 1. The molecule has 194 valence electrons. The first kappa shape index (κ1) is 24.2. The van der Waals surface area contributed by atoms with E-state index >= 15 is 0 Å². The standard InChI is InChI=1S/C30H36N4O3/c1-20-15-24-26(33(3)29(20)35)8-5-9-27(24)34-12-6-7-21-16-25(22-18-31-32(2)19-22)30(36-4,17-28(21)34)23-10-13-37-14-11-23/h5,8-9,15-19,23,25H,6-7,10-14H2,1-4H3. The first-order valence-corrected chi connectivity index (χ1v) is 13.3. The zero-order valence-electron chi connectivity index (χ0n) is 22.2. The third-order valence-corrected chi connectivity index (χ3v) is 8.68. The number of rotatable bonds is 4. The van der Waals surface area contributed by atoms with E-state index in [1.54, 1.807) is 4.57 Å². The van der Waals surface area contributed by atoms with Gasteiger partial charge in [0.05, 0.1) is 17.4 Å². The van der Waals surface area contributed by atoms with Gasteiger partial charge in [-0.3, -0.25) is 9.48 Å². The van der Waals surface area contributed by atoms with Gasteiger partial charge in [-0.1, -0.05) is 12.1 Å². The third-order valence-electron chi connectivity index (χ3n) is 8.68. The molecular formula is C30H36N4O3. The quantitative estimate of drug-likeness (QED) is 0.524. The number of methoxy groups -OCH3 is 1. The number of pyridine rings is 1. The summed E-state index contributed by atoms with van der Waals surface area (Å²) in [5, 5.41) is 5.61. The molecule has 2 aliphatic heterocycles. The minimum absolute atomic E-state index is 0.0537. The van der Waals surface area contributed by atoms with Crippen molar-refractivity contribution in [1.29, 1.82) is 0 Å². The lowest BCUT2D eigenvalue weighted by Gasteiger charge is -2.49. The van der Waals surface area contributed by atoms with Gasteiger partial charge in [-0.05, 0) is 68.4 Å². The first-order valence-electron chi connectivity index (χ1n) is 13.3. The van der Waals surface area contributed by atoms with Gasteiger partial charge >= 0.3 is 0 Å². The van der Waals surface area contributed by atoms with Crippen molar-refractivity contribution in [1.82, 2.24) is 14.3 Å². The summed E-state index contributed by atoms with van der Waals surface area (Å²) < 4.78 is 16.0. The van der Waals surface area contributed by atoms with Crippen LogP contribution in [0.3, 0.4) is 0 Å². The molecule has 3 aromatic rings. The van der Waals surface area contributed by atoms with Crippen molar-refractivity contribution in [2.45, 2.75) is 44.1 Å². The van der Waals surface area contributed by atoms with E-state index in [4.69, 9.17) is 9.47 Å².